The summed E-state index contributed by atoms with van der Waals surface area (Å²) in [5.41, 5.74) is 1.87. The van der Waals surface area contributed by atoms with Gasteiger partial charge in [-0.15, -0.1) is 0 Å². The summed E-state index contributed by atoms with van der Waals surface area (Å²) in [5, 5.41) is 2.72. The Morgan fingerprint density at radius 2 is 1.85 bits per heavy atom. The van der Waals surface area contributed by atoms with Gasteiger partial charge in [-0.3, -0.25) is 4.79 Å². The van der Waals surface area contributed by atoms with Crippen molar-refractivity contribution >= 4 is 5.91 Å². The third-order valence-corrected chi connectivity index (χ3v) is 1.69. The van der Waals surface area contributed by atoms with Crippen LogP contribution in [0, 0.1) is 0 Å². The van der Waals surface area contributed by atoms with Gasteiger partial charge >= 0.3 is 0 Å². The molecule has 0 saturated carbocycles. The topological polar surface area (TPSA) is 29.1 Å². The second-order valence-corrected chi connectivity index (χ2v) is 2.40. The van der Waals surface area contributed by atoms with Crippen LogP contribution in [0.2, 0.25) is 0 Å². The van der Waals surface area contributed by atoms with Crippen molar-refractivity contribution in [3.8, 4) is 0 Å². The van der Waals surface area contributed by atoms with Gasteiger partial charge in [-0.1, -0.05) is 33.1 Å². The van der Waals surface area contributed by atoms with Crippen LogP contribution in [0.25, 0.3) is 0 Å². The lowest BCUT2D eigenvalue weighted by Crippen LogP contribution is -2.26. The molecule has 1 heterocycles. The normalized spacial score (nSPS) is 15.4. The van der Waals surface area contributed by atoms with Crippen molar-refractivity contribution in [1.29, 1.82) is 0 Å². The summed E-state index contributed by atoms with van der Waals surface area (Å²) in [6, 6.07) is 0. The molecule has 72 valence electrons. The molecule has 0 fully saturated rings. The molecule has 1 aliphatic heterocycles. The summed E-state index contributed by atoms with van der Waals surface area (Å²) in [7, 11) is 0. The van der Waals surface area contributed by atoms with Crippen molar-refractivity contribution in [3.63, 3.8) is 0 Å². The zero-order valence-corrected chi connectivity index (χ0v) is 8.39. The first-order chi connectivity index (χ1) is 6.27. The minimum Gasteiger partial charge on any atom is -0.326 e. The number of amides is 1. The molecule has 0 bridgehead atoms. The lowest BCUT2D eigenvalue weighted by molar-refractivity contribution is -0.120. The van der Waals surface area contributed by atoms with Gasteiger partial charge in [-0.2, -0.15) is 0 Å². The van der Waals surface area contributed by atoms with Crippen LogP contribution in [0.15, 0.2) is 36.6 Å². The molecule has 2 heteroatoms. The van der Waals surface area contributed by atoms with E-state index in [4.69, 9.17) is 0 Å². The van der Waals surface area contributed by atoms with Crippen LogP contribution < -0.4 is 5.32 Å². The molecule has 0 saturated heterocycles. The average molecular weight is 179 g/mol. The number of carbonyl (C=O) groups is 1. The standard InChI is InChI=1S/C9H11NO.C2H6/c1-3-7-5-6-9(11)10-8(7)4-2;1-2/h3-4H,1-2,5-6H2,(H,10,11);1-2H3. The van der Waals surface area contributed by atoms with E-state index in [9.17, 15) is 4.79 Å². The Hall–Kier alpha value is -1.31. The van der Waals surface area contributed by atoms with Gasteiger partial charge in [0, 0.05) is 12.1 Å². The van der Waals surface area contributed by atoms with E-state index >= 15 is 0 Å². The summed E-state index contributed by atoms with van der Waals surface area (Å²) >= 11 is 0. The summed E-state index contributed by atoms with van der Waals surface area (Å²) in [4.78, 5) is 10.9. The van der Waals surface area contributed by atoms with Crippen molar-refractivity contribution in [3.05, 3.63) is 36.6 Å². The van der Waals surface area contributed by atoms with Crippen LogP contribution in [0.4, 0.5) is 0 Å². The van der Waals surface area contributed by atoms with E-state index in [0.717, 1.165) is 17.7 Å². The van der Waals surface area contributed by atoms with E-state index < -0.39 is 0 Å². The van der Waals surface area contributed by atoms with Gasteiger partial charge in [-0.05, 0) is 18.1 Å². The van der Waals surface area contributed by atoms with E-state index in [1.807, 2.05) is 13.8 Å². The highest BCUT2D eigenvalue weighted by Gasteiger charge is 2.12. The molecule has 0 aliphatic carbocycles. The van der Waals surface area contributed by atoms with Crippen LogP contribution in [-0.2, 0) is 4.79 Å². The van der Waals surface area contributed by atoms with Crippen molar-refractivity contribution < 1.29 is 4.79 Å². The number of hydrogen-bond donors (Lipinski definition) is 1. The first-order valence-electron chi connectivity index (χ1n) is 4.56. The van der Waals surface area contributed by atoms with Crippen LogP contribution >= 0.6 is 0 Å². The Bertz CT molecular complexity index is 238. The van der Waals surface area contributed by atoms with Crippen LogP contribution in [-0.4, -0.2) is 5.91 Å². The fraction of sp³-hybridized carbons (Fsp3) is 0.364. The van der Waals surface area contributed by atoms with E-state index in [2.05, 4.69) is 18.5 Å². The van der Waals surface area contributed by atoms with Gasteiger partial charge in [0.25, 0.3) is 0 Å². The summed E-state index contributed by atoms with van der Waals surface area (Å²) < 4.78 is 0. The first kappa shape index (κ1) is 11.7. The Balaban J connectivity index is 0.000000671. The molecule has 0 spiro atoms. The molecule has 2 nitrogen and oxygen atoms in total. The van der Waals surface area contributed by atoms with Crippen molar-refractivity contribution in [2.24, 2.45) is 0 Å². The van der Waals surface area contributed by atoms with Crippen LogP contribution in [0.3, 0.4) is 0 Å². The molecule has 1 amide bonds. The second-order valence-electron chi connectivity index (χ2n) is 2.40. The molecule has 0 radical (unpaired) electrons. The predicted molar refractivity (Wildman–Crippen MR) is 56.1 cm³/mol. The van der Waals surface area contributed by atoms with Gasteiger partial charge in [0.2, 0.25) is 5.91 Å². The lowest BCUT2D eigenvalue weighted by atomic mass is 10.0. The van der Waals surface area contributed by atoms with Crippen molar-refractivity contribution in [2.75, 3.05) is 0 Å². The highest BCUT2D eigenvalue weighted by molar-refractivity contribution is 5.80. The Morgan fingerprint density at radius 1 is 1.23 bits per heavy atom. The van der Waals surface area contributed by atoms with Crippen molar-refractivity contribution in [2.45, 2.75) is 26.7 Å². The largest absolute Gasteiger partial charge is 0.326 e. The predicted octanol–water partition coefficient (Wildman–Crippen LogP) is 2.55. The lowest BCUT2D eigenvalue weighted by Gasteiger charge is -2.15. The Labute approximate surface area is 80.0 Å². The molecule has 0 atom stereocenters. The quantitative estimate of drug-likeness (QED) is 0.693. The molecule has 1 N–H and O–H groups in total. The molecule has 0 unspecified atom stereocenters. The van der Waals surface area contributed by atoms with Crippen LogP contribution in [0.5, 0.6) is 0 Å². The van der Waals surface area contributed by atoms with Crippen LogP contribution in [0.1, 0.15) is 26.7 Å². The number of nitrogens with one attached hydrogen (secondary N) is 1. The second kappa shape index (κ2) is 6.23. The molecule has 0 aromatic heterocycles. The highest BCUT2D eigenvalue weighted by Crippen LogP contribution is 2.16. The monoisotopic (exact) mass is 179 g/mol. The van der Waals surface area contributed by atoms with E-state index in [1.165, 1.54) is 0 Å². The summed E-state index contributed by atoms with van der Waals surface area (Å²) in [6.07, 6.45) is 4.74. The van der Waals surface area contributed by atoms with Crippen molar-refractivity contribution in [1.82, 2.24) is 5.32 Å². The minimum absolute atomic E-state index is 0.0606. The molecule has 0 aromatic carbocycles. The van der Waals surface area contributed by atoms with Gasteiger partial charge in [0.1, 0.15) is 0 Å². The van der Waals surface area contributed by atoms with Gasteiger partial charge in [0.15, 0.2) is 0 Å². The fourth-order valence-electron chi connectivity index (χ4n) is 1.07. The minimum atomic E-state index is 0.0606. The van der Waals surface area contributed by atoms with E-state index in [-0.39, 0.29) is 5.91 Å². The van der Waals surface area contributed by atoms with E-state index in [1.54, 1.807) is 12.2 Å². The number of allylic oxidation sites excluding steroid dienone is 3. The summed E-state index contributed by atoms with van der Waals surface area (Å²) in [6.45, 7) is 11.2. The molecule has 0 aromatic rings. The highest BCUT2D eigenvalue weighted by atomic mass is 16.1. The Kier molecular flexibility index (Phi) is 5.60. The SMILES string of the molecule is C=CC1=C(C=C)NC(=O)CC1.CC. The van der Waals surface area contributed by atoms with Gasteiger partial charge in [-0.25, -0.2) is 0 Å². The van der Waals surface area contributed by atoms with Gasteiger partial charge in [0.05, 0.1) is 0 Å². The van der Waals surface area contributed by atoms with E-state index in [0.29, 0.717) is 6.42 Å². The Morgan fingerprint density at radius 3 is 2.31 bits per heavy atom. The third kappa shape index (κ3) is 3.28. The molecular formula is C11H17NO. The summed E-state index contributed by atoms with van der Waals surface area (Å²) in [5.74, 6) is 0.0606. The maximum Gasteiger partial charge on any atom is 0.224 e. The maximum absolute atomic E-state index is 10.9. The van der Waals surface area contributed by atoms with Gasteiger partial charge < -0.3 is 5.32 Å². The molecule has 1 rings (SSSR count). The first-order valence-corrected chi connectivity index (χ1v) is 4.56. The fourth-order valence-corrected chi connectivity index (χ4v) is 1.07. The number of hydrogen-bond acceptors (Lipinski definition) is 1. The molecule has 13 heavy (non-hydrogen) atoms. The number of carbonyl (C=O) groups excluding carboxylic acids is 1. The zero-order chi connectivity index (χ0) is 10.3. The molecular weight excluding hydrogens is 162 g/mol. The zero-order valence-electron chi connectivity index (χ0n) is 8.39. The smallest absolute Gasteiger partial charge is 0.224 e. The maximum atomic E-state index is 10.9. The molecule has 1 aliphatic rings. The number of rotatable bonds is 2. The third-order valence-electron chi connectivity index (χ3n) is 1.69. The average Bonchev–Trinajstić information content (AvgIpc) is 2.20.